The quantitative estimate of drug-likeness (QED) is 0.873. The number of benzene rings is 1. The minimum absolute atomic E-state index is 0.669. The monoisotopic (exact) mass is 272 g/mol. The van der Waals surface area contributed by atoms with Crippen LogP contribution in [0.5, 0.6) is 5.75 Å². The van der Waals surface area contributed by atoms with E-state index in [-0.39, 0.29) is 0 Å². The summed E-state index contributed by atoms with van der Waals surface area (Å²) in [6.45, 7) is 1.57. The maximum atomic E-state index is 5.39. The zero-order valence-corrected chi connectivity index (χ0v) is 12.1. The van der Waals surface area contributed by atoms with Crippen molar-refractivity contribution in [2.24, 2.45) is 0 Å². The molecule has 0 amide bonds. The average molecular weight is 272 g/mol. The van der Waals surface area contributed by atoms with E-state index >= 15 is 0 Å². The normalized spacial score (nSPS) is 10.6. The molecule has 1 aromatic heterocycles. The molecule has 0 saturated carbocycles. The van der Waals surface area contributed by atoms with Crippen molar-refractivity contribution in [2.75, 3.05) is 26.5 Å². The Morgan fingerprint density at radius 3 is 2.55 bits per heavy atom. The molecule has 0 fully saturated rings. The number of hydrogen-bond acceptors (Lipinski definition) is 5. The van der Waals surface area contributed by atoms with Crippen molar-refractivity contribution in [2.45, 2.75) is 13.1 Å². The molecule has 2 rings (SSSR count). The summed E-state index contributed by atoms with van der Waals surface area (Å²) in [7, 11) is 5.79. The first-order chi connectivity index (χ1) is 9.69. The van der Waals surface area contributed by atoms with Crippen LogP contribution in [0.4, 0.5) is 5.69 Å². The SMILES string of the molecule is COc1ccc(CN(C)C)cc1NCc1cncnc1. The summed E-state index contributed by atoms with van der Waals surface area (Å²) in [5.41, 5.74) is 3.26. The van der Waals surface area contributed by atoms with Crippen LogP contribution in [0.15, 0.2) is 36.9 Å². The molecule has 0 aliphatic carbocycles. The van der Waals surface area contributed by atoms with Gasteiger partial charge in [-0.3, -0.25) is 0 Å². The molecule has 5 heteroatoms. The number of methoxy groups -OCH3 is 1. The van der Waals surface area contributed by atoms with Crippen LogP contribution >= 0.6 is 0 Å². The van der Waals surface area contributed by atoms with Gasteiger partial charge in [0.25, 0.3) is 0 Å². The van der Waals surface area contributed by atoms with E-state index in [0.29, 0.717) is 6.54 Å². The second kappa shape index (κ2) is 6.86. The molecular formula is C15H20N4O. The summed E-state index contributed by atoms with van der Waals surface area (Å²) in [5, 5.41) is 3.37. The molecule has 20 heavy (non-hydrogen) atoms. The first kappa shape index (κ1) is 14.3. The largest absolute Gasteiger partial charge is 0.495 e. The van der Waals surface area contributed by atoms with Gasteiger partial charge in [-0.2, -0.15) is 0 Å². The van der Waals surface area contributed by atoms with Crippen LogP contribution < -0.4 is 10.1 Å². The Morgan fingerprint density at radius 2 is 1.90 bits per heavy atom. The van der Waals surface area contributed by atoms with Crippen LogP contribution in [-0.4, -0.2) is 36.1 Å². The third kappa shape index (κ3) is 3.93. The smallest absolute Gasteiger partial charge is 0.141 e. The third-order valence-electron chi connectivity index (χ3n) is 2.86. The molecule has 0 unspecified atom stereocenters. The van der Waals surface area contributed by atoms with E-state index in [2.05, 4.69) is 46.4 Å². The van der Waals surface area contributed by atoms with Crippen molar-refractivity contribution >= 4 is 5.69 Å². The van der Waals surface area contributed by atoms with E-state index in [4.69, 9.17) is 4.74 Å². The molecule has 5 nitrogen and oxygen atoms in total. The summed E-state index contributed by atoms with van der Waals surface area (Å²) in [5.74, 6) is 0.837. The molecule has 2 aromatic rings. The number of ether oxygens (including phenoxy) is 1. The van der Waals surface area contributed by atoms with E-state index in [1.165, 1.54) is 11.9 Å². The molecule has 0 spiro atoms. The van der Waals surface area contributed by atoms with Crippen molar-refractivity contribution in [3.63, 3.8) is 0 Å². The minimum atomic E-state index is 0.669. The number of nitrogens with one attached hydrogen (secondary N) is 1. The number of hydrogen-bond donors (Lipinski definition) is 1. The standard InChI is InChI=1S/C15H20N4O/c1-19(2)10-12-4-5-15(20-3)14(6-12)18-9-13-7-16-11-17-8-13/h4-8,11,18H,9-10H2,1-3H3. The highest BCUT2D eigenvalue weighted by Crippen LogP contribution is 2.26. The zero-order chi connectivity index (χ0) is 14.4. The highest BCUT2D eigenvalue weighted by Gasteiger charge is 2.05. The van der Waals surface area contributed by atoms with Crippen molar-refractivity contribution < 1.29 is 4.74 Å². The van der Waals surface area contributed by atoms with Gasteiger partial charge in [0.1, 0.15) is 12.1 Å². The fourth-order valence-electron chi connectivity index (χ4n) is 1.98. The topological polar surface area (TPSA) is 50.3 Å². The third-order valence-corrected chi connectivity index (χ3v) is 2.86. The number of aromatic nitrogens is 2. The lowest BCUT2D eigenvalue weighted by atomic mass is 10.1. The molecule has 0 aliphatic heterocycles. The van der Waals surface area contributed by atoms with E-state index in [1.54, 1.807) is 19.5 Å². The summed E-state index contributed by atoms with van der Waals surface area (Å²) >= 11 is 0. The Morgan fingerprint density at radius 1 is 1.15 bits per heavy atom. The van der Waals surface area contributed by atoms with E-state index in [9.17, 15) is 0 Å². The molecule has 0 radical (unpaired) electrons. The fourth-order valence-corrected chi connectivity index (χ4v) is 1.98. The van der Waals surface area contributed by atoms with Crippen LogP contribution in [0.3, 0.4) is 0 Å². The second-order valence-corrected chi connectivity index (χ2v) is 4.87. The van der Waals surface area contributed by atoms with Gasteiger partial charge in [0.15, 0.2) is 0 Å². The fraction of sp³-hybridized carbons (Fsp3) is 0.333. The lowest BCUT2D eigenvalue weighted by Gasteiger charge is -2.15. The zero-order valence-electron chi connectivity index (χ0n) is 12.1. The molecule has 0 saturated heterocycles. The van der Waals surface area contributed by atoms with Crippen LogP contribution in [0.1, 0.15) is 11.1 Å². The molecule has 0 aliphatic rings. The van der Waals surface area contributed by atoms with Gasteiger partial charge in [-0.1, -0.05) is 6.07 Å². The molecule has 1 N–H and O–H groups in total. The average Bonchev–Trinajstić information content (AvgIpc) is 2.46. The first-order valence-corrected chi connectivity index (χ1v) is 6.48. The van der Waals surface area contributed by atoms with Crippen molar-refractivity contribution in [3.8, 4) is 5.75 Å². The number of anilines is 1. The van der Waals surface area contributed by atoms with E-state index < -0.39 is 0 Å². The van der Waals surface area contributed by atoms with E-state index in [0.717, 1.165) is 23.5 Å². The number of rotatable bonds is 6. The van der Waals surface area contributed by atoms with Gasteiger partial charge in [-0.15, -0.1) is 0 Å². The van der Waals surface area contributed by atoms with Gasteiger partial charge >= 0.3 is 0 Å². The van der Waals surface area contributed by atoms with Crippen molar-refractivity contribution in [1.82, 2.24) is 14.9 Å². The Labute approximate surface area is 119 Å². The maximum absolute atomic E-state index is 5.39. The van der Waals surface area contributed by atoms with Gasteiger partial charge in [-0.25, -0.2) is 9.97 Å². The summed E-state index contributed by atoms with van der Waals surface area (Å²) in [4.78, 5) is 10.2. The summed E-state index contributed by atoms with van der Waals surface area (Å²) in [6.07, 6.45) is 5.13. The van der Waals surface area contributed by atoms with Crippen LogP contribution in [0.25, 0.3) is 0 Å². The molecule has 0 atom stereocenters. The van der Waals surface area contributed by atoms with Crippen molar-refractivity contribution in [3.05, 3.63) is 48.0 Å². The molecule has 1 heterocycles. The molecule has 106 valence electrons. The number of nitrogens with zero attached hydrogens (tertiary/aromatic N) is 3. The highest BCUT2D eigenvalue weighted by molar-refractivity contribution is 5.58. The van der Waals surface area contributed by atoms with Crippen LogP contribution in [0, 0.1) is 0 Å². The lowest BCUT2D eigenvalue weighted by molar-refractivity contribution is 0.400. The lowest BCUT2D eigenvalue weighted by Crippen LogP contribution is -2.11. The maximum Gasteiger partial charge on any atom is 0.141 e. The first-order valence-electron chi connectivity index (χ1n) is 6.48. The second-order valence-electron chi connectivity index (χ2n) is 4.87. The van der Waals surface area contributed by atoms with Crippen LogP contribution in [0.2, 0.25) is 0 Å². The molecule has 1 aromatic carbocycles. The van der Waals surface area contributed by atoms with Crippen molar-refractivity contribution in [1.29, 1.82) is 0 Å². The Balaban J connectivity index is 2.12. The predicted octanol–water partition coefficient (Wildman–Crippen LogP) is 2.16. The summed E-state index contributed by atoms with van der Waals surface area (Å²) in [6, 6.07) is 6.18. The van der Waals surface area contributed by atoms with Gasteiger partial charge in [0, 0.05) is 31.0 Å². The van der Waals surface area contributed by atoms with E-state index in [1.807, 2.05) is 6.07 Å². The Kier molecular flexibility index (Phi) is 4.90. The van der Waals surface area contributed by atoms with Gasteiger partial charge < -0.3 is 15.0 Å². The predicted molar refractivity (Wildman–Crippen MR) is 79.7 cm³/mol. The Hall–Kier alpha value is -2.14. The highest BCUT2D eigenvalue weighted by atomic mass is 16.5. The molecule has 0 bridgehead atoms. The van der Waals surface area contributed by atoms with Gasteiger partial charge in [0.2, 0.25) is 0 Å². The van der Waals surface area contributed by atoms with Gasteiger partial charge in [0.05, 0.1) is 12.8 Å². The minimum Gasteiger partial charge on any atom is -0.495 e. The molecular weight excluding hydrogens is 252 g/mol. The van der Waals surface area contributed by atoms with Gasteiger partial charge in [-0.05, 0) is 31.8 Å². The summed E-state index contributed by atoms with van der Waals surface area (Å²) < 4.78 is 5.39. The Bertz CT molecular complexity index is 543. The van der Waals surface area contributed by atoms with Crippen LogP contribution in [-0.2, 0) is 13.1 Å².